The molecule has 12 nitrogen and oxygen atoms in total. The summed E-state index contributed by atoms with van der Waals surface area (Å²) < 4.78 is 15.5. The number of carbonyl (C=O) groups excluding carboxylic acids is 6. The molecule has 0 saturated carbocycles. The Kier molecular flexibility index (Phi) is 15.8. The van der Waals surface area contributed by atoms with Crippen LogP contribution in [0.1, 0.15) is 34.1 Å². The summed E-state index contributed by atoms with van der Waals surface area (Å²) in [4.78, 5) is 73.6. The molecule has 0 bridgehead atoms. The van der Waals surface area contributed by atoms with E-state index in [0.29, 0.717) is 6.42 Å². The van der Waals surface area contributed by atoms with Crippen molar-refractivity contribution in [2.24, 2.45) is 5.41 Å². The van der Waals surface area contributed by atoms with E-state index in [1.165, 1.54) is 35.5 Å². The van der Waals surface area contributed by atoms with Crippen LogP contribution in [0.4, 0.5) is 0 Å². The number of carbonyl (C=O) groups is 6. The first kappa shape index (κ1) is 37.3. The van der Waals surface area contributed by atoms with Crippen molar-refractivity contribution in [1.29, 1.82) is 0 Å². The normalized spacial score (nSPS) is 12.4. The molecule has 1 aliphatic heterocycles. The molecule has 0 spiro atoms. The smallest absolute Gasteiger partial charge is 0.333 e. The lowest BCUT2D eigenvalue weighted by molar-refractivity contribution is -0.158. The van der Waals surface area contributed by atoms with Gasteiger partial charge in [0.15, 0.2) is 0 Å². The third kappa shape index (κ3) is 12.2. The van der Waals surface area contributed by atoms with E-state index >= 15 is 0 Å². The quantitative estimate of drug-likeness (QED) is 0.181. The summed E-state index contributed by atoms with van der Waals surface area (Å²) in [6.45, 7) is 27.1. The van der Waals surface area contributed by atoms with Crippen LogP contribution in [0.5, 0.6) is 0 Å². The lowest BCUT2D eigenvalue weighted by Crippen LogP contribution is -2.58. The molecule has 0 aromatic carbocycles. The van der Waals surface area contributed by atoms with Gasteiger partial charge in [0, 0.05) is 16.7 Å². The lowest BCUT2D eigenvalue weighted by Gasteiger charge is -2.41. The van der Waals surface area contributed by atoms with Crippen molar-refractivity contribution in [3.05, 3.63) is 74.4 Å². The van der Waals surface area contributed by atoms with Crippen molar-refractivity contribution in [3.8, 4) is 0 Å². The molecular weight excluding hydrogens is 546 g/mol. The molecule has 42 heavy (non-hydrogen) atoms. The fourth-order valence-electron chi connectivity index (χ4n) is 3.01. The van der Waals surface area contributed by atoms with Gasteiger partial charge in [-0.25, -0.2) is 14.4 Å². The van der Waals surface area contributed by atoms with Crippen LogP contribution in [-0.4, -0.2) is 90.2 Å². The summed E-state index contributed by atoms with van der Waals surface area (Å²) in [5.74, 6) is -2.74. The van der Waals surface area contributed by atoms with Gasteiger partial charge in [0.1, 0.15) is 19.8 Å². The highest BCUT2D eigenvalue weighted by Gasteiger charge is 2.34. The van der Waals surface area contributed by atoms with Gasteiger partial charge < -0.3 is 28.9 Å². The van der Waals surface area contributed by atoms with Crippen molar-refractivity contribution in [2.45, 2.75) is 34.1 Å². The molecular formula is C30H41N3O9. The molecule has 0 N–H and O–H groups in total. The largest absolute Gasteiger partial charge is 0.461 e. The van der Waals surface area contributed by atoms with Crippen LogP contribution in [-0.2, 0) is 43.0 Å². The fourth-order valence-corrected chi connectivity index (χ4v) is 3.01. The van der Waals surface area contributed by atoms with Gasteiger partial charge >= 0.3 is 17.9 Å². The Bertz CT molecular complexity index is 997. The number of rotatable bonds is 13. The molecule has 1 saturated heterocycles. The van der Waals surface area contributed by atoms with Crippen LogP contribution in [0.2, 0.25) is 0 Å². The van der Waals surface area contributed by atoms with Gasteiger partial charge in [-0.1, -0.05) is 46.4 Å². The summed E-state index contributed by atoms with van der Waals surface area (Å²) >= 11 is 0. The zero-order valence-corrected chi connectivity index (χ0v) is 24.9. The Morgan fingerprint density at radius 3 is 1.00 bits per heavy atom. The molecule has 3 amide bonds. The molecule has 1 fully saturated rings. The summed E-state index contributed by atoms with van der Waals surface area (Å²) in [5, 5.41) is 0. The first-order valence-electron chi connectivity index (χ1n) is 12.8. The standard InChI is InChI=1S/C18H26O6.C12H15N3O3/c1-8-18(9-22-15(19)12(2)3,10-23-16(20)13(4)5)11-24-17(21)14(6)7;1-4-10(16)13-7-14(11(17)5-2)9-15(8-13)12(18)6-3/h2,4,6,8-11H2,1,3,5,7H3;4-6H,1-3,7-9H2. The van der Waals surface area contributed by atoms with Crippen molar-refractivity contribution in [3.63, 3.8) is 0 Å². The minimum Gasteiger partial charge on any atom is -0.461 e. The second kappa shape index (κ2) is 17.8. The van der Waals surface area contributed by atoms with Gasteiger partial charge in [-0.2, -0.15) is 0 Å². The highest BCUT2D eigenvalue weighted by molar-refractivity contribution is 5.92. The molecule has 0 aromatic heterocycles. The molecule has 0 atom stereocenters. The summed E-state index contributed by atoms with van der Waals surface area (Å²) in [7, 11) is 0. The predicted molar refractivity (Wildman–Crippen MR) is 156 cm³/mol. The predicted octanol–water partition coefficient (Wildman–Crippen LogP) is 2.66. The highest BCUT2D eigenvalue weighted by Crippen LogP contribution is 2.25. The molecule has 0 aliphatic carbocycles. The number of esters is 3. The fraction of sp³-hybridized carbons (Fsp3) is 0.400. The first-order valence-corrected chi connectivity index (χ1v) is 12.8. The first-order chi connectivity index (χ1) is 19.6. The van der Waals surface area contributed by atoms with Crippen molar-refractivity contribution in [1.82, 2.24) is 14.7 Å². The average molecular weight is 588 g/mol. The zero-order chi connectivity index (χ0) is 32.6. The van der Waals surface area contributed by atoms with Crippen molar-refractivity contribution in [2.75, 3.05) is 39.8 Å². The van der Waals surface area contributed by atoms with Gasteiger partial charge in [0.05, 0.1) is 25.4 Å². The Balaban J connectivity index is 0.000000831. The van der Waals surface area contributed by atoms with E-state index in [2.05, 4.69) is 39.5 Å². The van der Waals surface area contributed by atoms with Crippen LogP contribution in [0.3, 0.4) is 0 Å². The van der Waals surface area contributed by atoms with E-state index in [9.17, 15) is 28.8 Å². The van der Waals surface area contributed by atoms with E-state index in [1.807, 2.05) is 6.92 Å². The van der Waals surface area contributed by atoms with Crippen LogP contribution in [0.15, 0.2) is 74.4 Å². The minimum atomic E-state index is -0.860. The number of amides is 3. The van der Waals surface area contributed by atoms with Crippen LogP contribution < -0.4 is 0 Å². The zero-order valence-electron chi connectivity index (χ0n) is 24.9. The summed E-state index contributed by atoms with van der Waals surface area (Å²) in [6.07, 6.45) is 3.86. The third-order valence-corrected chi connectivity index (χ3v) is 5.81. The van der Waals surface area contributed by atoms with E-state index < -0.39 is 23.3 Å². The molecule has 0 unspecified atom stereocenters. The lowest BCUT2D eigenvalue weighted by atomic mass is 9.88. The topological polar surface area (TPSA) is 140 Å². The maximum atomic E-state index is 11.6. The second-order valence-corrected chi connectivity index (χ2v) is 9.59. The molecule has 1 heterocycles. The molecule has 1 rings (SSSR count). The van der Waals surface area contributed by atoms with Gasteiger partial charge in [-0.3, -0.25) is 14.4 Å². The molecule has 0 radical (unpaired) electrons. The molecule has 230 valence electrons. The SMILES string of the molecule is C=C(C)C(=O)OCC(CC)(COC(=O)C(=C)C)COC(=O)C(=C)C.C=CC(=O)N1CN(C(=O)C=C)CN(C(=O)C=C)C1. The van der Waals surface area contributed by atoms with Crippen LogP contribution in [0.25, 0.3) is 0 Å². The van der Waals surface area contributed by atoms with E-state index in [4.69, 9.17) is 14.2 Å². The maximum Gasteiger partial charge on any atom is 0.333 e. The summed E-state index contributed by atoms with van der Waals surface area (Å²) in [5.41, 5.74) is -0.116. The molecule has 12 heteroatoms. The van der Waals surface area contributed by atoms with E-state index in [1.54, 1.807) is 0 Å². The number of nitrogens with zero attached hydrogens (tertiary/aromatic N) is 3. The Morgan fingerprint density at radius 1 is 0.595 bits per heavy atom. The van der Waals surface area contributed by atoms with Gasteiger partial charge in [0.2, 0.25) is 17.7 Å². The van der Waals surface area contributed by atoms with E-state index in [0.717, 1.165) is 18.2 Å². The third-order valence-electron chi connectivity index (χ3n) is 5.81. The average Bonchev–Trinajstić information content (AvgIpc) is 2.98. The summed E-state index contributed by atoms with van der Waals surface area (Å²) in [6, 6.07) is 0. The Hall–Kier alpha value is -4.74. The Labute approximate surface area is 247 Å². The van der Waals surface area contributed by atoms with Gasteiger partial charge in [0.25, 0.3) is 0 Å². The van der Waals surface area contributed by atoms with Gasteiger partial charge in [-0.05, 0) is 45.4 Å². The monoisotopic (exact) mass is 587 g/mol. The minimum absolute atomic E-state index is 0.0812. The van der Waals surface area contributed by atoms with Gasteiger partial charge in [-0.15, -0.1) is 0 Å². The second-order valence-electron chi connectivity index (χ2n) is 9.59. The number of ether oxygens (including phenoxy) is 3. The van der Waals surface area contributed by atoms with Crippen molar-refractivity contribution < 1.29 is 43.0 Å². The Morgan fingerprint density at radius 2 is 0.833 bits per heavy atom. The van der Waals surface area contributed by atoms with Crippen LogP contribution in [0, 0.1) is 5.41 Å². The number of hydrogen-bond acceptors (Lipinski definition) is 9. The molecule has 1 aliphatic rings. The highest BCUT2D eigenvalue weighted by atomic mass is 16.6. The number of hydrogen-bond donors (Lipinski definition) is 0. The maximum absolute atomic E-state index is 11.6. The van der Waals surface area contributed by atoms with Crippen molar-refractivity contribution >= 4 is 35.6 Å². The van der Waals surface area contributed by atoms with E-state index in [-0.39, 0.29) is 74.3 Å². The van der Waals surface area contributed by atoms with Crippen LogP contribution >= 0.6 is 0 Å². The molecule has 0 aromatic rings.